The van der Waals surface area contributed by atoms with Crippen LogP contribution in [0, 0.1) is 5.92 Å². The number of hydrogen-bond donors (Lipinski definition) is 0. The Balaban J connectivity index is 2.15. The molecule has 1 nitrogen and oxygen atoms in total. The molecule has 0 saturated heterocycles. The van der Waals surface area contributed by atoms with E-state index in [-0.39, 0.29) is 5.92 Å². The minimum atomic E-state index is 0.273. The quantitative estimate of drug-likeness (QED) is 0.640. The fraction of sp³-hybridized carbons (Fsp3) is 0.250. The Morgan fingerprint density at radius 3 is 2.46 bits per heavy atom. The van der Waals surface area contributed by atoms with E-state index in [1.807, 2.05) is 18.2 Å². The number of aldehydes is 1. The molecule has 1 heteroatoms. The first-order valence-electron chi connectivity index (χ1n) is 4.53. The summed E-state index contributed by atoms with van der Waals surface area (Å²) >= 11 is 0. The van der Waals surface area contributed by atoms with E-state index >= 15 is 0 Å². The smallest absolute Gasteiger partial charge is 0.123 e. The first kappa shape index (κ1) is 8.24. The predicted octanol–water partition coefficient (Wildman–Crippen LogP) is 2.63. The number of carbonyl (C=O) groups excluding carboxylic acids is 1. The van der Waals surface area contributed by atoms with Gasteiger partial charge in [-0.05, 0) is 23.5 Å². The second-order valence-corrected chi connectivity index (χ2v) is 3.51. The van der Waals surface area contributed by atoms with E-state index < -0.39 is 0 Å². The Kier molecular flexibility index (Phi) is 2.01. The van der Waals surface area contributed by atoms with Gasteiger partial charge in [0.1, 0.15) is 6.29 Å². The van der Waals surface area contributed by atoms with Gasteiger partial charge < -0.3 is 4.79 Å². The first-order chi connectivity index (χ1) is 6.35. The van der Waals surface area contributed by atoms with Crippen LogP contribution in [-0.2, 0) is 4.79 Å². The minimum absolute atomic E-state index is 0.273. The van der Waals surface area contributed by atoms with E-state index in [4.69, 9.17) is 0 Å². The number of hydrogen-bond acceptors (Lipinski definition) is 1. The van der Waals surface area contributed by atoms with Crippen molar-refractivity contribution in [2.24, 2.45) is 5.92 Å². The van der Waals surface area contributed by atoms with Gasteiger partial charge in [0.05, 0.1) is 0 Å². The van der Waals surface area contributed by atoms with Crippen LogP contribution in [-0.4, -0.2) is 6.29 Å². The van der Waals surface area contributed by atoms with Crippen molar-refractivity contribution in [1.82, 2.24) is 0 Å². The van der Waals surface area contributed by atoms with Crippen LogP contribution in [0.15, 0.2) is 30.8 Å². The summed E-state index contributed by atoms with van der Waals surface area (Å²) in [5.41, 5.74) is 2.41. The molecular formula is C12H12O. The van der Waals surface area contributed by atoms with Gasteiger partial charge >= 0.3 is 0 Å². The second kappa shape index (κ2) is 3.17. The van der Waals surface area contributed by atoms with Gasteiger partial charge in [-0.1, -0.05) is 36.9 Å². The number of rotatable bonds is 3. The van der Waals surface area contributed by atoms with Gasteiger partial charge in [0.2, 0.25) is 0 Å². The van der Waals surface area contributed by atoms with E-state index in [0.717, 1.165) is 18.3 Å². The molecule has 1 aliphatic carbocycles. The van der Waals surface area contributed by atoms with Crippen LogP contribution in [0.25, 0.3) is 6.08 Å². The molecule has 2 rings (SSSR count). The first-order valence-corrected chi connectivity index (χ1v) is 4.53. The van der Waals surface area contributed by atoms with Gasteiger partial charge in [-0.3, -0.25) is 0 Å². The molecule has 0 spiro atoms. The van der Waals surface area contributed by atoms with E-state index in [0.29, 0.717) is 5.92 Å². The SMILES string of the molecule is C=Cc1ccc(C2CC2C=O)cc1. The third-order valence-corrected chi connectivity index (χ3v) is 2.61. The van der Waals surface area contributed by atoms with E-state index in [1.54, 1.807) is 0 Å². The summed E-state index contributed by atoms with van der Waals surface area (Å²) in [6, 6.07) is 8.27. The van der Waals surface area contributed by atoms with Crippen LogP contribution in [0.3, 0.4) is 0 Å². The van der Waals surface area contributed by atoms with Crippen molar-refractivity contribution < 1.29 is 4.79 Å². The highest BCUT2D eigenvalue weighted by molar-refractivity contribution is 5.61. The maximum atomic E-state index is 10.5. The maximum absolute atomic E-state index is 10.5. The van der Waals surface area contributed by atoms with Crippen LogP contribution >= 0.6 is 0 Å². The highest BCUT2D eigenvalue weighted by Crippen LogP contribution is 2.45. The molecule has 0 amide bonds. The van der Waals surface area contributed by atoms with E-state index in [1.165, 1.54) is 5.56 Å². The Morgan fingerprint density at radius 2 is 2.00 bits per heavy atom. The van der Waals surface area contributed by atoms with Crippen LogP contribution in [0.5, 0.6) is 0 Å². The van der Waals surface area contributed by atoms with Crippen LogP contribution in [0.4, 0.5) is 0 Å². The molecule has 1 aromatic rings. The third kappa shape index (κ3) is 1.55. The molecule has 0 heterocycles. The molecular weight excluding hydrogens is 160 g/mol. The summed E-state index contributed by atoms with van der Waals surface area (Å²) in [6.45, 7) is 3.70. The monoisotopic (exact) mass is 172 g/mol. The molecule has 0 aliphatic heterocycles. The molecule has 13 heavy (non-hydrogen) atoms. The fourth-order valence-corrected chi connectivity index (χ4v) is 1.63. The molecule has 0 N–H and O–H groups in total. The van der Waals surface area contributed by atoms with Crippen molar-refractivity contribution in [1.29, 1.82) is 0 Å². The lowest BCUT2D eigenvalue weighted by atomic mass is 10.1. The van der Waals surface area contributed by atoms with Crippen molar-refractivity contribution in [2.45, 2.75) is 12.3 Å². The summed E-state index contributed by atoms with van der Waals surface area (Å²) in [4.78, 5) is 10.5. The topological polar surface area (TPSA) is 17.1 Å². The predicted molar refractivity (Wildman–Crippen MR) is 53.4 cm³/mol. The van der Waals surface area contributed by atoms with Crippen molar-refractivity contribution in [3.05, 3.63) is 42.0 Å². The zero-order valence-electron chi connectivity index (χ0n) is 7.44. The van der Waals surface area contributed by atoms with Gasteiger partial charge in [-0.15, -0.1) is 0 Å². The molecule has 66 valence electrons. The third-order valence-electron chi connectivity index (χ3n) is 2.61. The van der Waals surface area contributed by atoms with Crippen molar-refractivity contribution >= 4 is 12.4 Å². The Hall–Kier alpha value is -1.37. The van der Waals surface area contributed by atoms with Gasteiger partial charge in [0.15, 0.2) is 0 Å². The summed E-state index contributed by atoms with van der Waals surface area (Å²) in [5, 5.41) is 0. The number of carbonyl (C=O) groups is 1. The lowest BCUT2D eigenvalue weighted by Gasteiger charge is -1.98. The number of benzene rings is 1. The highest BCUT2D eigenvalue weighted by atomic mass is 16.1. The Morgan fingerprint density at radius 1 is 1.31 bits per heavy atom. The molecule has 0 bridgehead atoms. The van der Waals surface area contributed by atoms with Crippen LogP contribution < -0.4 is 0 Å². The fourth-order valence-electron chi connectivity index (χ4n) is 1.63. The van der Waals surface area contributed by atoms with Gasteiger partial charge in [0, 0.05) is 5.92 Å². The standard InChI is InChI=1S/C12H12O/c1-2-9-3-5-10(6-4-9)12-7-11(12)8-13/h2-6,8,11-12H,1,7H2. The average Bonchev–Trinajstić information content (AvgIpc) is 2.97. The zero-order valence-corrected chi connectivity index (χ0v) is 7.44. The summed E-state index contributed by atoms with van der Waals surface area (Å²) in [7, 11) is 0. The molecule has 2 atom stereocenters. The highest BCUT2D eigenvalue weighted by Gasteiger charge is 2.37. The summed E-state index contributed by atoms with van der Waals surface area (Å²) in [5.74, 6) is 0.756. The van der Waals surface area contributed by atoms with Crippen molar-refractivity contribution in [2.75, 3.05) is 0 Å². The Bertz CT molecular complexity index is 323. The molecule has 2 unspecified atom stereocenters. The van der Waals surface area contributed by atoms with E-state index in [9.17, 15) is 4.79 Å². The van der Waals surface area contributed by atoms with E-state index in [2.05, 4.69) is 18.7 Å². The largest absolute Gasteiger partial charge is 0.303 e. The average molecular weight is 172 g/mol. The van der Waals surface area contributed by atoms with Crippen LogP contribution in [0.2, 0.25) is 0 Å². The summed E-state index contributed by atoms with van der Waals surface area (Å²) in [6.07, 6.45) is 3.91. The van der Waals surface area contributed by atoms with Gasteiger partial charge in [-0.25, -0.2) is 0 Å². The van der Waals surface area contributed by atoms with Crippen LogP contribution in [0.1, 0.15) is 23.5 Å². The molecule has 0 aromatic heterocycles. The molecule has 1 fully saturated rings. The van der Waals surface area contributed by atoms with Gasteiger partial charge in [0.25, 0.3) is 0 Å². The minimum Gasteiger partial charge on any atom is -0.303 e. The molecule has 1 aliphatic rings. The molecule has 0 radical (unpaired) electrons. The second-order valence-electron chi connectivity index (χ2n) is 3.51. The molecule has 1 saturated carbocycles. The van der Waals surface area contributed by atoms with Crippen molar-refractivity contribution in [3.8, 4) is 0 Å². The Labute approximate surface area is 78.1 Å². The maximum Gasteiger partial charge on any atom is 0.123 e. The van der Waals surface area contributed by atoms with Crippen molar-refractivity contribution in [3.63, 3.8) is 0 Å². The summed E-state index contributed by atoms with van der Waals surface area (Å²) < 4.78 is 0. The zero-order chi connectivity index (χ0) is 9.26. The lowest BCUT2D eigenvalue weighted by molar-refractivity contribution is -0.108. The normalized spacial score (nSPS) is 25.2. The molecule has 1 aromatic carbocycles. The van der Waals surface area contributed by atoms with Gasteiger partial charge in [-0.2, -0.15) is 0 Å². The lowest BCUT2D eigenvalue weighted by Crippen LogP contribution is -1.84.